The average Bonchev–Trinajstić information content (AvgIpc) is 2.55. The molecule has 105 valence electrons. The van der Waals surface area contributed by atoms with Crippen LogP contribution in [-0.4, -0.2) is 43.0 Å². The zero-order valence-electron chi connectivity index (χ0n) is 11.3. The first kappa shape index (κ1) is 15.1. The van der Waals surface area contributed by atoms with E-state index in [1.165, 1.54) is 0 Å². The van der Waals surface area contributed by atoms with Gasteiger partial charge in [-0.2, -0.15) is 0 Å². The Hall–Kier alpha value is -2.30. The van der Waals surface area contributed by atoms with Crippen molar-refractivity contribution in [2.45, 2.75) is 0 Å². The summed E-state index contributed by atoms with van der Waals surface area (Å²) in [6, 6.07) is 11.3. The van der Waals surface area contributed by atoms with Crippen LogP contribution in [0, 0.1) is 0 Å². The minimum absolute atomic E-state index is 0.521. The van der Waals surface area contributed by atoms with Gasteiger partial charge in [0, 0.05) is 0 Å². The molecule has 0 aromatic carbocycles. The molecular weight excluding hydrogens is 329 g/mol. The van der Waals surface area contributed by atoms with Gasteiger partial charge >= 0.3 is 131 Å². The van der Waals surface area contributed by atoms with E-state index in [0.717, 1.165) is 11.4 Å². The number of aromatic nitrogens is 2. The van der Waals surface area contributed by atoms with E-state index < -0.39 is 0 Å². The Morgan fingerprint density at radius 1 is 1.14 bits per heavy atom. The third-order valence-corrected chi connectivity index (χ3v) is 2.90. The first-order valence-electron chi connectivity index (χ1n) is 6.30. The maximum absolute atomic E-state index is 4.36. The fraction of sp³-hybridized carbons (Fsp3) is 0.0667. The Morgan fingerprint density at radius 2 is 1.76 bits per heavy atom. The van der Waals surface area contributed by atoms with Crippen LogP contribution in [-0.2, 0) is 0 Å². The molecule has 0 unspecified atom stereocenters. The topological polar surface area (TPSA) is 62.5 Å². The summed E-state index contributed by atoms with van der Waals surface area (Å²) in [4.78, 5) is 12.8. The number of hydrazone groups is 1. The molecule has 2 aromatic rings. The van der Waals surface area contributed by atoms with Crippen LogP contribution in [0.15, 0.2) is 71.5 Å². The Labute approximate surface area is 131 Å². The standard InChI is InChI=1S/C15H14N5Se/c1-2-9-18-15(21)20-19-14(12-7-3-5-10-16-12)13-8-4-6-11-17-13/h2-8,10-11H,1,9H2,(H,18,20). The van der Waals surface area contributed by atoms with E-state index in [0.29, 0.717) is 17.0 Å². The molecule has 0 saturated carbocycles. The average molecular weight is 343 g/mol. The molecule has 1 radical (unpaired) electrons. The molecule has 1 N–H and O–H groups in total. The van der Waals surface area contributed by atoms with Crippen LogP contribution in [0.5, 0.6) is 0 Å². The second-order valence-corrected chi connectivity index (χ2v) is 4.75. The van der Waals surface area contributed by atoms with Gasteiger partial charge in [-0.05, 0) is 0 Å². The molecule has 0 bridgehead atoms. The SMILES string of the molecule is C=CCN=C([Se])NN=C(c1ccccn1)c1ccccn1. The third-order valence-electron chi connectivity index (χ3n) is 2.44. The molecule has 0 aliphatic rings. The van der Waals surface area contributed by atoms with Gasteiger partial charge in [0.05, 0.1) is 0 Å². The van der Waals surface area contributed by atoms with Gasteiger partial charge < -0.3 is 0 Å². The molecule has 2 heterocycles. The van der Waals surface area contributed by atoms with E-state index >= 15 is 0 Å². The van der Waals surface area contributed by atoms with E-state index in [4.69, 9.17) is 0 Å². The summed E-state index contributed by atoms with van der Waals surface area (Å²) in [5, 5.41) is 4.36. The van der Waals surface area contributed by atoms with Gasteiger partial charge in [-0.15, -0.1) is 0 Å². The van der Waals surface area contributed by atoms with Crippen molar-refractivity contribution in [1.82, 2.24) is 15.4 Å². The van der Waals surface area contributed by atoms with Gasteiger partial charge in [0.1, 0.15) is 0 Å². The predicted octanol–water partition coefficient (Wildman–Crippen LogP) is 1.53. The van der Waals surface area contributed by atoms with Crippen molar-refractivity contribution in [3.8, 4) is 0 Å². The molecule has 21 heavy (non-hydrogen) atoms. The number of hydrogen-bond acceptors (Lipinski definition) is 4. The number of nitrogens with one attached hydrogen (secondary N) is 1. The molecule has 0 saturated heterocycles. The number of hydrogen-bond donors (Lipinski definition) is 1. The Kier molecular flexibility index (Phi) is 5.82. The monoisotopic (exact) mass is 344 g/mol. The maximum atomic E-state index is 4.36. The molecule has 2 rings (SSSR count). The Balaban J connectivity index is 2.31. The van der Waals surface area contributed by atoms with E-state index in [-0.39, 0.29) is 0 Å². The van der Waals surface area contributed by atoms with Crippen molar-refractivity contribution >= 4 is 26.5 Å². The summed E-state index contributed by atoms with van der Waals surface area (Å²) in [5.74, 6) is 0. The Morgan fingerprint density at radius 3 is 2.24 bits per heavy atom. The number of amidine groups is 1. The molecule has 0 fully saturated rings. The van der Waals surface area contributed by atoms with Crippen molar-refractivity contribution in [2.24, 2.45) is 10.1 Å². The molecule has 6 heteroatoms. The molecule has 5 nitrogen and oxygen atoms in total. The molecule has 0 amide bonds. The van der Waals surface area contributed by atoms with Crippen LogP contribution in [0.1, 0.15) is 11.4 Å². The van der Waals surface area contributed by atoms with E-state index in [9.17, 15) is 0 Å². The summed E-state index contributed by atoms with van der Waals surface area (Å²) in [7, 11) is 0. The third kappa shape index (κ3) is 4.63. The summed E-state index contributed by atoms with van der Waals surface area (Å²) >= 11 is 2.81. The summed E-state index contributed by atoms with van der Waals surface area (Å²) in [5.41, 5.74) is 4.99. The van der Waals surface area contributed by atoms with Crippen molar-refractivity contribution in [3.63, 3.8) is 0 Å². The van der Waals surface area contributed by atoms with Crippen LogP contribution < -0.4 is 5.43 Å². The van der Waals surface area contributed by atoms with E-state index in [1.54, 1.807) is 18.5 Å². The summed E-state index contributed by atoms with van der Waals surface area (Å²) < 4.78 is 0.583. The second kappa shape index (κ2) is 8.09. The van der Waals surface area contributed by atoms with Gasteiger partial charge in [-0.1, -0.05) is 0 Å². The van der Waals surface area contributed by atoms with Crippen LogP contribution in [0.4, 0.5) is 0 Å². The predicted molar refractivity (Wildman–Crippen MR) is 85.5 cm³/mol. The molecular formula is C15H14N5Se. The zero-order chi connectivity index (χ0) is 14.9. The Bertz CT molecular complexity index is 596. The van der Waals surface area contributed by atoms with Gasteiger partial charge in [0.25, 0.3) is 0 Å². The van der Waals surface area contributed by atoms with Gasteiger partial charge in [0.15, 0.2) is 0 Å². The van der Waals surface area contributed by atoms with Gasteiger partial charge in [-0.3, -0.25) is 0 Å². The van der Waals surface area contributed by atoms with E-state index in [1.807, 2.05) is 36.4 Å². The first-order chi connectivity index (χ1) is 10.3. The fourth-order valence-electron chi connectivity index (χ4n) is 1.54. The second-order valence-electron chi connectivity index (χ2n) is 3.94. The summed E-state index contributed by atoms with van der Waals surface area (Å²) in [6.45, 7) is 4.14. The van der Waals surface area contributed by atoms with Crippen LogP contribution >= 0.6 is 0 Å². The minimum atomic E-state index is 0.521. The van der Waals surface area contributed by atoms with Crippen molar-refractivity contribution in [3.05, 3.63) is 72.8 Å². The quantitative estimate of drug-likeness (QED) is 0.294. The van der Waals surface area contributed by atoms with Crippen LogP contribution in [0.3, 0.4) is 0 Å². The van der Waals surface area contributed by atoms with Crippen LogP contribution in [0.25, 0.3) is 0 Å². The van der Waals surface area contributed by atoms with Gasteiger partial charge in [-0.25, -0.2) is 0 Å². The number of rotatable bonds is 5. The van der Waals surface area contributed by atoms with Crippen molar-refractivity contribution < 1.29 is 0 Å². The van der Waals surface area contributed by atoms with Gasteiger partial charge in [0.2, 0.25) is 0 Å². The van der Waals surface area contributed by atoms with Crippen LogP contribution in [0.2, 0.25) is 0 Å². The molecule has 2 aromatic heterocycles. The number of nitrogens with zero attached hydrogens (tertiary/aromatic N) is 4. The van der Waals surface area contributed by atoms with E-state index in [2.05, 4.69) is 48.1 Å². The number of pyridine rings is 2. The zero-order valence-corrected chi connectivity index (χ0v) is 13.0. The first-order valence-corrected chi connectivity index (χ1v) is 7.16. The normalized spacial score (nSPS) is 10.8. The van der Waals surface area contributed by atoms with Crippen molar-refractivity contribution in [2.75, 3.05) is 6.54 Å². The fourth-order valence-corrected chi connectivity index (χ4v) is 1.79. The van der Waals surface area contributed by atoms with Crippen molar-refractivity contribution in [1.29, 1.82) is 0 Å². The molecule has 0 atom stereocenters. The number of aliphatic imine (C=N–C) groups is 1. The molecule has 0 aliphatic heterocycles. The molecule has 0 aliphatic carbocycles. The summed E-state index contributed by atoms with van der Waals surface area (Å²) in [6.07, 6.45) is 5.15. The molecule has 0 spiro atoms.